The summed E-state index contributed by atoms with van der Waals surface area (Å²) in [5, 5.41) is 27.2. The van der Waals surface area contributed by atoms with E-state index in [4.69, 9.17) is 11.5 Å². The summed E-state index contributed by atoms with van der Waals surface area (Å²) >= 11 is 0. The van der Waals surface area contributed by atoms with Crippen LogP contribution in [0.4, 0.5) is 0 Å². The SMILES string of the molecule is NC(N)=NCCCC(NC(=O)C1CCCN1)C(=O)NC(CO)C(=O)N1CCCC1C(=O)O. The molecule has 2 aliphatic rings. The number of aliphatic imine (C=N–C) groups is 1. The van der Waals surface area contributed by atoms with Crippen LogP contribution in [-0.4, -0.2) is 95.2 Å². The molecule has 9 N–H and O–H groups in total. The first-order valence-electron chi connectivity index (χ1n) is 10.8. The minimum absolute atomic E-state index is 0.0882. The number of nitrogens with two attached hydrogens (primary N) is 2. The van der Waals surface area contributed by atoms with Gasteiger partial charge in [0.1, 0.15) is 18.1 Å². The Morgan fingerprint density at radius 1 is 1.12 bits per heavy atom. The van der Waals surface area contributed by atoms with E-state index in [9.17, 15) is 29.4 Å². The first-order valence-corrected chi connectivity index (χ1v) is 10.8. The lowest BCUT2D eigenvalue weighted by atomic mass is 10.1. The van der Waals surface area contributed by atoms with Crippen LogP contribution in [-0.2, 0) is 19.2 Å². The number of aliphatic hydroxyl groups excluding tert-OH is 1. The van der Waals surface area contributed by atoms with Crippen LogP contribution in [0.25, 0.3) is 0 Å². The third-order valence-corrected chi connectivity index (χ3v) is 5.57. The molecule has 0 radical (unpaired) electrons. The van der Waals surface area contributed by atoms with Gasteiger partial charge in [-0.25, -0.2) is 4.79 Å². The molecule has 2 aliphatic heterocycles. The summed E-state index contributed by atoms with van der Waals surface area (Å²) in [6, 6.07) is -3.69. The van der Waals surface area contributed by atoms with E-state index in [0.717, 1.165) is 11.3 Å². The number of aliphatic carboxylic acids is 1. The molecule has 2 rings (SSSR count). The van der Waals surface area contributed by atoms with Crippen molar-refractivity contribution in [2.24, 2.45) is 16.5 Å². The maximum Gasteiger partial charge on any atom is 0.326 e. The van der Waals surface area contributed by atoms with Crippen LogP contribution >= 0.6 is 0 Å². The molecule has 180 valence electrons. The highest BCUT2D eigenvalue weighted by Gasteiger charge is 2.38. The van der Waals surface area contributed by atoms with Gasteiger partial charge in [0.15, 0.2) is 5.96 Å². The average Bonchev–Trinajstić information content (AvgIpc) is 3.45. The summed E-state index contributed by atoms with van der Waals surface area (Å²) in [5.41, 5.74) is 10.6. The average molecular weight is 456 g/mol. The van der Waals surface area contributed by atoms with Crippen LogP contribution in [0.5, 0.6) is 0 Å². The molecule has 13 nitrogen and oxygen atoms in total. The Labute approximate surface area is 186 Å². The van der Waals surface area contributed by atoms with Gasteiger partial charge in [0.25, 0.3) is 0 Å². The first kappa shape index (κ1) is 25.3. The summed E-state index contributed by atoms with van der Waals surface area (Å²) in [6.45, 7) is 0.488. The monoisotopic (exact) mass is 455 g/mol. The normalized spacial score (nSPS) is 22.1. The fourth-order valence-electron chi connectivity index (χ4n) is 3.90. The number of nitrogens with one attached hydrogen (secondary N) is 3. The van der Waals surface area contributed by atoms with E-state index in [0.29, 0.717) is 32.2 Å². The van der Waals surface area contributed by atoms with Crippen LogP contribution in [0.1, 0.15) is 38.5 Å². The number of nitrogens with zero attached hydrogens (tertiary/aromatic N) is 2. The lowest BCUT2D eigenvalue weighted by Crippen LogP contribution is -2.58. The number of hydrogen-bond donors (Lipinski definition) is 7. The summed E-state index contributed by atoms with van der Waals surface area (Å²) in [4.78, 5) is 54.5. The largest absolute Gasteiger partial charge is 0.480 e. The number of guanidine groups is 1. The number of likely N-dealkylation sites (tertiary alicyclic amines) is 1. The van der Waals surface area contributed by atoms with Gasteiger partial charge in [0.05, 0.1) is 12.6 Å². The van der Waals surface area contributed by atoms with Crippen molar-refractivity contribution in [1.29, 1.82) is 0 Å². The van der Waals surface area contributed by atoms with Gasteiger partial charge in [-0.2, -0.15) is 0 Å². The second-order valence-corrected chi connectivity index (χ2v) is 7.93. The van der Waals surface area contributed by atoms with Gasteiger partial charge in [-0.3, -0.25) is 19.4 Å². The van der Waals surface area contributed by atoms with Crippen molar-refractivity contribution in [2.75, 3.05) is 26.2 Å². The van der Waals surface area contributed by atoms with E-state index >= 15 is 0 Å². The Bertz CT molecular complexity index is 721. The zero-order chi connectivity index (χ0) is 23.7. The molecule has 4 unspecified atom stereocenters. The molecule has 0 aromatic rings. The highest BCUT2D eigenvalue weighted by Crippen LogP contribution is 2.18. The molecular weight excluding hydrogens is 422 g/mol. The Morgan fingerprint density at radius 2 is 1.88 bits per heavy atom. The Kier molecular flexibility index (Phi) is 9.65. The maximum absolute atomic E-state index is 12.9. The number of carboxylic acid groups (broad SMARTS) is 1. The van der Waals surface area contributed by atoms with Gasteiger partial charge in [-0.1, -0.05) is 0 Å². The van der Waals surface area contributed by atoms with Gasteiger partial charge in [-0.05, 0) is 45.1 Å². The molecule has 0 aromatic heterocycles. The second-order valence-electron chi connectivity index (χ2n) is 7.93. The zero-order valence-electron chi connectivity index (χ0n) is 18.0. The predicted molar refractivity (Wildman–Crippen MR) is 114 cm³/mol. The number of carboxylic acids is 1. The van der Waals surface area contributed by atoms with Crippen LogP contribution in [0, 0.1) is 0 Å². The van der Waals surface area contributed by atoms with Gasteiger partial charge >= 0.3 is 5.97 Å². The van der Waals surface area contributed by atoms with Gasteiger partial charge in [0.2, 0.25) is 17.7 Å². The van der Waals surface area contributed by atoms with Crippen LogP contribution in [0.15, 0.2) is 4.99 Å². The summed E-state index contributed by atoms with van der Waals surface area (Å²) in [6.07, 6.45) is 2.92. The third kappa shape index (κ3) is 7.05. The van der Waals surface area contributed by atoms with E-state index in [-0.39, 0.29) is 31.4 Å². The number of hydrogen-bond acceptors (Lipinski definition) is 7. The molecule has 13 heteroatoms. The molecule has 2 saturated heterocycles. The fraction of sp³-hybridized carbons (Fsp3) is 0.737. The van der Waals surface area contributed by atoms with Crippen LogP contribution < -0.4 is 27.4 Å². The minimum Gasteiger partial charge on any atom is -0.480 e. The lowest BCUT2D eigenvalue weighted by Gasteiger charge is -2.28. The number of aliphatic hydroxyl groups is 1. The Morgan fingerprint density at radius 3 is 2.47 bits per heavy atom. The van der Waals surface area contributed by atoms with Crippen molar-refractivity contribution >= 4 is 29.7 Å². The minimum atomic E-state index is -1.32. The fourth-order valence-corrected chi connectivity index (χ4v) is 3.90. The van der Waals surface area contributed by atoms with E-state index in [2.05, 4.69) is 20.9 Å². The molecule has 0 spiro atoms. The standard InChI is InChI=1S/C19H33N7O6/c20-19(21)23-8-2-5-12(24-15(28)11-4-1-7-22-11)16(29)25-13(10-27)17(30)26-9-3-6-14(26)18(31)32/h11-14,22,27H,1-10H2,(H,24,28)(H,25,29)(H,31,32)(H4,20,21,23). The Hall–Kier alpha value is -2.93. The lowest BCUT2D eigenvalue weighted by molar-refractivity contribution is -0.150. The highest BCUT2D eigenvalue weighted by atomic mass is 16.4. The van der Waals surface area contributed by atoms with Gasteiger partial charge in [0, 0.05) is 13.1 Å². The van der Waals surface area contributed by atoms with Gasteiger partial charge < -0.3 is 42.5 Å². The highest BCUT2D eigenvalue weighted by molar-refractivity contribution is 5.94. The topological polar surface area (TPSA) is 212 Å². The summed E-state index contributed by atoms with van der Waals surface area (Å²) < 4.78 is 0. The molecule has 0 aliphatic carbocycles. The maximum atomic E-state index is 12.9. The van der Waals surface area contributed by atoms with Gasteiger partial charge in [-0.15, -0.1) is 0 Å². The molecular formula is C19H33N7O6. The molecule has 0 aromatic carbocycles. The van der Waals surface area contributed by atoms with Crippen molar-refractivity contribution in [3.63, 3.8) is 0 Å². The molecule has 32 heavy (non-hydrogen) atoms. The first-order chi connectivity index (χ1) is 15.2. The quantitative estimate of drug-likeness (QED) is 0.0949. The van der Waals surface area contributed by atoms with Crippen molar-refractivity contribution in [3.8, 4) is 0 Å². The number of amides is 3. The third-order valence-electron chi connectivity index (χ3n) is 5.57. The second kappa shape index (κ2) is 12.2. The van der Waals surface area contributed by atoms with Crippen molar-refractivity contribution in [3.05, 3.63) is 0 Å². The molecule has 0 saturated carbocycles. The van der Waals surface area contributed by atoms with Crippen molar-refractivity contribution < 1.29 is 29.4 Å². The zero-order valence-corrected chi connectivity index (χ0v) is 18.0. The molecule has 2 fully saturated rings. The molecule has 4 atom stereocenters. The van der Waals surface area contributed by atoms with Crippen molar-refractivity contribution in [2.45, 2.75) is 62.7 Å². The van der Waals surface area contributed by atoms with E-state index in [1.807, 2.05) is 0 Å². The van der Waals surface area contributed by atoms with E-state index < -0.39 is 48.6 Å². The number of carbonyl (C=O) groups is 4. The van der Waals surface area contributed by atoms with Crippen LogP contribution in [0.2, 0.25) is 0 Å². The summed E-state index contributed by atoms with van der Waals surface area (Å²) in [5.74, 6) is -2.88. The molecule has 3 amide bonds. The van der Waals surface area contributed by atoms with Crippen LogP contribution in [0.3, 0.4) is 0 Å². The number of carbonyl (C=O) groups excluding carboxylic acids is 3. The molecule has 2 heterocycles. The number of rotatable bonds is 11. The smallest absolute Gasteiger partial charge is 0.326 e. The molecule has 0 bridgehead atoms. The predicted octanol–water partition coefficient (Wildman–Crippen LogP) is -3.17. The van der Waals surface area contributed by atoms with E-state index in [1.165, 1.54) is 0 Å². The summed E-state index contributed by atoms with van der Waals surface area (Å²) in [7, 11) is 0. The van der Waals surface area contributed by atoms with Crippen molar-refractivity contribution in [1.82, 2.24) is 20.9 Å². The van der Waals surface area contributed by atoms with E-state index in [1.54, 1.807) is 0 Å². The Balaban J connectivity index is 2.04.